The lowest BCUT2D eigenvalue weighted by Crippen LogP contribution is -2.48. The zero-order valence-corrected chi connectivity index (χ0v) is 13.3. The number of rotatable bonds is 5. The van der Waals surface area contributed by atoms with Crippen molar-refractivity contribution in [1.82, 2.24) is 20.9 Å². The molecule has 1 aromatic carbocycles. The Morgan fingerprint density at radius 3 is 2.88 bits per heavy atom. The quantitative estimate of drug-likeness (QED) is 0.707. The first kappa shape index (κ1) is 16.7. The maximum atomic E-state index is 13.6. The van der Waals surface area contributed by atoms with Crippen LogP contribution in [0.25, 0.3) is 0 Å². The number of halogens is 1. The van der Waals surface area contributed by atoms with E-state index in [0.717, 1.165) is 18.7 Å². The Kier molecular flexibility index (Phi) is 5.27. The third-order valence-electron chi connectivity index (χ3n) is 4.28. The molecule has 2 saturated heterocycles. The highest BCUT2D eigenvalue weighted by atomic mass is 19.1. The van der Waals surface area contributed by atoms with Gasteiger partial charge in [-0.15, -0.1) is 0 Å². The third-order valence-corrected chi connectivity index (χ3v) is 4.28. The van der Waals surface area contributed by atoms with Gasteiger partial charge in [0.15, 0.2) is 0 Å². The Bertz CT molecular complexity index is 607. The van der Waals surface area contributed by atoms with E-state index >= 15 is 0 Å². The molecule has 2 unspecified atom stereocenters. The number of hydrogen-bond donors (Lipinski definition) is 3. The minimum absolute atomic E-state index is 0.140. The first-order valence-electron chi connectivity index (χ1n) is 8.03. The fourth-order valence-corrected chi connectivity index (χ4v) is 2.99. The van der Waals surface area contributed by atoms with Crippen LogP contribution in [0.2, 0.25) is 0 Å². The highest BCUT2D eigenvalue weighted by Gasteiger charge is 2.28. The number of amides is 3. The molecule has 2 fully saturated rings. The zero-order chi connectivity index (χ0) is 16.9. The van der Waals surface area contributed by atoms with Crippen LogP contribution in [-0.4, -0.2) is 62.3 Å². The van der Waals surface area contributed by atoms with Gasteiger partial charge in [-0.1, -0.05) is 12.1 Å². The van der Waals surface area contributed by atoms with Gasteiger partial charge in [-0.25, -0.2) is 9.18 Å². The molecule has 3 rings (SSSR count). The van der Waals surface area contributed by atoms with Crippen molar-refractivity contribution in [1.29, 1.82) is 0 Å². The topological polar surface area (TPSA) is 82.7 Å². The number of benzene rings is 1. The standard InChI is InChI=1S/C16H21FN4O3/c17-12-3-1-2-11(8-12)14(21-4-6-24-7-5-21)10-18-15(22)13-9-19-16(23)20-13/h1-3,8,13-14H,4-7,9-10H2,(H,18,22)(H2,19,20,23). The molecule has 0 aromatic heterocycles. The number of morpholine rings is 1. The molecular formula is C16H21FN4O3. The van der Waals surface area contributed by atoms with Crippen molar-refractivity contribution in [3.05, 3.63) is 35.6 Å². The molecule has 3 N–H and O–H groups in total. The molecule has 2 atom stereocenters. The summed E-state index contributed by atoms with van der Waals surface area (Å²) in [6, 6.07) is 5.36. The number of urea groups is 1. The number of nitrogens with one attached hydrogen (secondary N) is 3. The van der Waals surface area contributed by atoms with Gasteiger partial charge in [-0.3, -0.25) is 9.69 Å². The summed E-state index contributed by atoms with van der Waals surface area (Å²) in [5.41, 5.74) is 0.811. The minimum Gasteiger partial charge on any atom is -0.379 e. The second kappa shape index (κ2) is 7.59. The zero-order valence-electron chi connectivity index (χ0n) is 13.3. The summed E-state index contributed by atoms with van der Waals surface area (Å²) in [5.74, 6) is -0.549. The number of ether oxygens (including phenoxy) is 1. The van der Waals surface area contributed by atoms with Crippen molar-refractivity contribution in [2.45, 2.75) is 12.1 Å². The molecule has 0 aliphatic carbocycles. The SMILES string of the molecule is O=C1NCC(C(=O)NCC(c2cccc(F)c2)N2CCOCC2)N1. The van der Waals surface area contributed by atoms with Gasteiger partial charge in [0.2, 0.25) is 5.91 Å². The number of nitrogens with zero attached hydrogens (tertiary/aromatic N) is 1. The van der Waals surface area contributed by atoms with Crippen LogP contribution in [-0.2, 0) is 9.53 Å². The van der Waals surface area contributed by atoms with Gasteiger partial charge in [-0.2, -0.15) is 0 Å². The van der Waals surface area contributed by atoms with Crippen molar-refractivity contribution < 1.29 is 18.7 Å². The molecule has 2 heterocycles. The Labute approximate surface area is 139 Å². The Morgan fingerprint density at radius 2 is 2.21 bits per heavy atom. The molecule has 0 bridgehead atoms. The Balaban J connectivity index is 1.67. The number of carbonyl (C=O) groups is 2. The molecule has 0 radical (unpaired) electrons. The van der Waals surface area contributed by atoms with Crippen molar-refractivity contribution in [2.24, 2.45) is 0 Å². The van der Waals surface area contributed by atoms with Gasteiger partial charge < -0.3 is 20.7 Å². The average molecular weight is 336 g/mol. The van der Waals surface area contributed by atoms with E-state index < -0.39 is 6.04 Å². The van der Waals surface area contributed by atoms with E-state index in [4.69, 9.17) is 4.74 Å². The molecule has 3 amide bonds. The largest absolute Gasteiger partial charge is 0.379 e. The monoisotopic (exact) mass is 336 g/mol. The van der Waals surface area contributed by atoms with Crippen LogP contribution in [0.3, 0.4) is 0 Å². The van der Waals surface area contributed by atoms with Crippen molar-refractivity contribution in [2.75, 3.05) is 39.4 Å². The second-order valence-corrected chi connectivity index (χ2v) is 5.87. The molecule has 1 aromatic rings. The highest BCUT2D eigenvalue weighted by Crippen LogP contribution is 2.22. The van der Waals surface area contributed by atoms with Crippen LogP contribution in [0.4, 0.5) is 9.18 Å². The summed E-state index contributed by atoms with van der Waals surface area (Å²) in [7, 11) is 0. The van der Waals surface area contributed by atoms with E-state index in [-0.39, 0.29) is 30.3 Å². The summed E-state index contributed by atoms with van der Waals surface area (Å²) in [5, 5.41) is 7.97. The van der Waals surface area contributed by atoms with Crippen LogP contribution in [0.15, 0.2) is 24.3 Å². The maximum absolute atomic E-state index is 13.6. The molecule has 130 valence electrons. The Hall–Kier alpha value is -2.19. The summed E-state index contributed by atoms with van der Waals surface area (Å²) in [4.78, 5) is 25.5. The fourth-order valence-electron chi connectivity index (χ4n) is 2.99. The maximum Gasteiger partial charge on any atom is 0.315 e. The average Bonchev–Trinajstić information content (AvgIpc) is 3.02. The van der Waals surface area contributed by atoms with Crippen LogP contribution in [0, 0.1) is 5.82 Å². The van der Waals surface area contributed by atoms with Crippen molar-refractivity contribution in [3.63, 3.8) is 0 Å². The third kappa shape index (κ3) is 4.01. The molecule has 2 aliphatic rings. The van der Waals surface area contributed by atoms with E-state index in [9.17, 15) is 14.0 Å². The van der Waals surface area contributed by atoms with E-state index in [1.54, 1.807) is 6.07 Å². The smallest absolute Gasteiger partial charge is 0.315 e. The van der Waals surface area contributed by atoms with E-state index in [2.05, 4.69) is 20.9 Å². The van der Waals surface area contributed by atoms with E-state index in [1.165, 1.54) is 12.1 Å². The van der Waals surface area contributed by atoms with Crippen LogP contribution in [0.5, 0.6) is 0 Å². The fraction of sp³-hybridized carbons (Fsp3) is 0.500. The van der Waals surface area contributed by atoms with Crippen LogP contribution in [0.1, 0.15) is 11.6 Å². The first-order chi connectivity index (χ1) is 11.6. The highest BCUT2D eigenvalue weighted by molar-refractivity contribution is 5.90. The van der Waals surface area contributed by atoms with E-state index in [0.29, 0.717) is 19.8 Å². The number of carbonyl (C=O) groups excluding carboxylic acids is 2. The van der Waals surface area contributed by atoms with Gasteiger partial charge >= 0.3 is 6.03 Å². The van der Waals surface area contributed by atoms with Crippen molar-refractivity contribution >= 4 is 11.9 Å². The van der Waals surface area contributed by atoms with E-state index in [1.807, 2.05) is 6.07 Å². The summed E-state index contributed by atoms with van der Waals surface area (Å²) in [6.07, 6.45) is 0. The second-order valence-electron chi connectivity index (χ2n) is 5.87. The molecule has 7 nitrogen and oxygen atoms in total. The lowest BCUT2D eigenvalue weighted by molar-refractivity contribution is -0.122. The van der Waals surface area contributed by atoms with Gasteiger partial charge in [0.25, 0.3) is 0 Å². The predicted molar refractivity (Wildman–Crippen MR) is 84.9 cm³/mol. The van der Waals surface area contributed by atoms with Gasteiger partial charge in [0.1, 0.15) is 11.9 Å². The van der Waals surface area contributed by atoms with Gasteiger partial charge in [0.05, 0.1) is 19.3 Å². The summed E-state index contributed by atoms with van der Waals surface area (Å²) < 4.78 is 19.0. The van der Waals surface area contributed by atoms with Gasteiger partial charge in [0, 0.05) is 26.2 Å². The van der Waals surface area contributed by atoms with Crippen LogP contribution < -0.4 is 16.0 Å². The first-order valence-corrected chi connectivity index (χ1v) is 8.03. The Morgan fingerprint density at radius 1 is 1.42 bits per heavy atom. The summed E-state index contributed by atoms with van der Waals surface area (Å²) >= 11 is 0. The summed E-state index contributed by atoms with van der Waals surface area (Å²) in [6.45, 7) is 3.28. The van der Waals surface area contributed by atoms with Gasteiger partial charge in [-0.05, 0) is 17.7 Å². The molecule has 2 aliphatic heterocycles. The lowest BCUT2D eigenvalue weighted by Gasteiger charge is -2.35. The molecule has 24 heavy (non-hydrogen) atoms. The van der Waals surface area contributed by atoms with Crippen LogP contribution >= 0.6 is 0 Å². The minimum atomic E-state index is -0.574. The van der Waals surface area contributed by atoms with Crippen molar-refractivity contribution in [3.8, 4) is 0 Å². The predicted octanol–water partition coefficient (Wildman–Crippen LogP) is -0.00340. The number of hydrogen-bond acceptors (Lipinski definition) is 4. The molecule has 8 heteroatoms. The molecule has 0 spiro atoms. The molecular weight excluding hydrogens is 315 g/mol. The molecule has 0 saturated carbocycles. The normalized spacial score (nSPS) is 22.5. The lowest BCUT2D eigenvalue weighted by atomic mass is 10.0.